The van der Waals surface area contributed by atoms with Gasteiger partial charge in [0.05, 0.1) is 25.3 Å². The second-order valence-electron chi connectivity index (χ2n) is 6.98. The molecule has 2 aliphatic rings. The summed E-state index contributed by atoms with van der Waals surface area (Å²) in [5.41, 5.74) is 2.01. The molecule has 3 heterocycles. The zero-order valence-electron chi connectivity index (χ0n) is 15.4. The van der Waals surface area contributed by atoms with Crippen LogP contribution in [-0.2, 0) is 9.53 Å². The van der Waals surface area contributed by atoms with Crippen LogP contribution in [0.1, 0.15) is 12.8 Å². The lowest BCUT2D eigenvalue weighted by atomic mass is 9.97. The summed E-state index contributed by atoms with van der Waals surface area (Å²) in [4.78, 5) is 25.7. The number of ether oxygens (including phenoxy) is 1. The SMILES string of the molecule is O=C(Nc1ccc(N2CCOCC2)cc1)C1CCCN(c2cnccn2)C1. The van der Waals surface area contributed by atoms with Crippen molar-refractivity contribution in [1.82, 2.24) is 9.97 Å². The summed E-state index contributed by atoms with van der Waals surface area (Å²) in [7, 11) is 0. The Hall–Kier alpha value is -2.67. The standard InChI is InChI=1S/C20H25N5O2/c26-20(16-2-1-9-25(15-16)19-14-21-7-8-22-19)23-17-3-5-18(6-4-17)24-10-12-27-13-11-24/h3-8,14,16H,1-2,9-13,15H2,(H,23,26). The first kappa shape index (κ1) is 17.7. The Morgan fingerprint density at radius 2 is 1.89 bits per heavy atom. The van der Waals surface area contributed by atoms with E-state index >= 15 is 0 Å². The van der Waals surface area contributed by atoms with E-state index in [-0.39, 0.29) is 11.8 Å². The molecule has 0 aliphatic carbocycles. The molecule has 0 saturated carbocycles. The first-order valence-corrected chi connectivity index (χ1v) is 9.54. The van der Waals surface area contributed by atoms with Crippen LogP contribution in [0.15, 0.2) is 42.9 Å². The van der Waals surface area contributed by atoms with Gasteiger partial charge in [-0.3, -0.25) is 9.78 Å². The first-order chi connectivity index (χ1) is 13.3. The minimum Gasteiger partial charge on any atom is -0.378 e. The van der Waals surface area contributed by atoms with Crippen LogP contribution in [0, 0.1) is 5.92 Å². The van der Waals surface area contributed by atoms with Gasteiger partial charge in [0.15, 0.2) is 0 Å². The number of rotatable bonds is 4. The number of benzene rings is 1. The largest absolute Gasteiger partial charge is 0.378 e. The summed E-state index contributed by atoms with van der Waals surface area (Å²) in [6, 6.07) is 8.08. The smallest absolute Gasteiger partial charge is 0.229 e. The van der Waals surface area contributed by atoms with Crippen LogP contribution in [0.3, 0.4) is 0 Å². The van der Waals surface area contributed by atoms with Crippen LogP contribution < -0.4 is 15.1 Å². The van der Waals surface area contributed by atoms with Crippen molar-refractivity contribution >= 4 is 23.1 Å². The Labute approximate surface area is 159 Å². The normalized spacial score (nSPS) is 20.4. The summed E-state index contributed by atoms with van der Waals surface area (Å²) < 4.78 is 5.39. The molecule has 0 radical (unpaired) electrons. The quantitative estimate of drug-likeness (QED) is 0.893. The Kier molecular flexibility index (Phi) is 5.48. The molecule has 1 atom stereocenters. The lowest BCUT2D eigenvalue weighted by molar-refractivity contribution is -0.120. The number of nitrogens with one attached hydrogen (secondary N) is 1. The predicted octanol–water partition coefficient (Wildman–Crippen LogP) is 2.17. The molecule has 1 aromatic heterocycles. The molecule has 0 bridgehead atoms. The second-order valence-corrected chi connectivity index (χ2v) is 6.98. The molecular weight excluding hydrogens is 342 g/mol. The van der Waals surface area contributed by atoms with E-state index < -0.39 is 0 Å². The molecule has 2 saturated heterocycles. The van der Waals surface area contributed by atoms with Crippen molar-refractivity contribution in [2.75, 3.05) is 54.5 Å². The molecular formula is C20H25N5O2. The van der Waals surface area contributed by atoms with Crippen LogP contribution in [0.25, 0.3) is 0 Å². The number of anilines is 3. The minimum absolute atomic E-state index is 0.0420. The molecule has 7 nitrogen and oxygen atoms in total. The summed E-state index contributed by atoms with van der Waals surface area (Å²) in [5.74, 6) is 0.868. The van der Waals surface area contributed by atoms with Gasteiger partial charge in [0, 0.05) is 49.9 Å². The highest BCUT2D eigenvalue weighted by molar-refractivity contribution is 5.93. The van der Waals surface area contributed by atoms with Crippen molar-refractivity contribution in [1.29, 1.82) is 0 Å². The Bertz CT molecular complexity index is 747. The van der Waals surface area contributed by atoms with Crippen LogP contribution in [0.2, 0.25) is 0 Å². The van der Waals surface area contributed by atoms with Crippen LogP contribution in [0.5, 0.6) is 0 Å². The van der Waals surface area contributed by atoms with Crippen LogP contribution in [-0.4, -0.2) is 55.3 Å². The zero-order valence-corrected chi connectivity index (χ0v) is 15.4. The van der Waals surface area contributed by atoms with Gasteiger partial charge in [0.2, 0.25) is 5.91 Å². The van der Waals surface area contributed by atoms with Crippen LogP contribution >= 0.6 is 0 Å². The molecule has 4 rings (SSSR count). The zero-order chi connectivity index (χ0) is 18.5. The van der Waals surface area contributed by atoms with Gasteiger partial charge in [-0.1, -0.05) is 0 Å². The predicted molar refractivity (Wildman–Crippen MR) is 105 cm³/mol. The fourth-order valence-electron chi connectivity index (χ4n) is 3.68. The van der Waals surface area contributed by atoms with Crippen molar-refractivity contribution in [2.45, 2.75) is 12.8 Å². The molecule has 0 spiro atoms. The van der Waals surface area contributed by atoms with Crippen molar-refractivity contribution in [3.63, 3.8) is 0 Å². The molecule has 1 amide bonds. The van der Waals surface area contributed by atoms with E-state index in [4.69, 9.17) is 4.74 Å². The molecule has 142 valence electrons. The molecule has 7 heteroatoms. The number of amides is 1. The summed E-state index contributed by atoms with van der Waals surface area (Å²) in [6.07, 6.45) is 6.98. The van der Waals surface area contributed by atoms with Gasteiger partial charge in [-0.25, -0.2) is 4.98 Å². The van der Waals surface area contributed by atoms with Gasteiger partial charge in [-0.15, -0.1) is 0 Å². The number of nitrogens with zero attached hydrogens (tertiary/aromatic N) is 4. The van der Waals surface area contributed by atoms with E-state index in [0.29, 0.717) is 6.54 Å². The molecule has 2 fully saturated rings. The van der Waals surface area contributed by atoms with Gasteiger partial charge < -0.3 is 19.9 Å². The van der Waals surface area contributed by atoms with E-state index in [1.807, 2.05) is 12.1 Å². The minimum atomic E-state index is -0.0420. The average Bonchev–Trinajstić information content (AvgIpc) is 2.75. The number of hydrogen-bond donors (Lipinski definition) is 1. The van der Waals surface area contributed by atoms with Gasteiger partial charge in [-0.05, 0) is 37.1 Å². The maximum atomic E-state index is 12.7. The fraction of sp³-hybridized carbons (Fsp3) is 0.450. The highest BCUT2D eigenvalue weighted by Gasteiger charge is 2.26. The number of aromatic nitrogens is 2. The highest BCUT2D eigenvalue weighted by atomic mass is 16.5. The lowest BCUT2D eigenvalue weighted by Gasteiger charge is -2.32. The maximum absolute atomic E-state index is 12.7. The highest BCUT2D eigenvalue weighted by Crippen LogP contribution is 2.23. The lowest BCUT2D eigenvalue weighted by Crippen LogP contribution is -2.41. The average molecular weight is 367 g/mol. The maximum Gasteiger partial charge on any atom is 0.229 e. The van der Waals surface area contributed by atoms with Gasteiger partial charge in [0.1, 0.15) is 5.82 Å². The van der Waals surface area contributed by atoms with Crippen molar-refractivity contribution < 1.29 is 9.53 Å². The monoisotopic (exact) mass is 367 g/mol. The molecule has 27 heavy (non-hydrogen) atoms. The molecule has 2 aliphatic heterocycles. The molecule has 1 N–H and O–H groups in total. The first-order valence-electron chi connectivity index (χ1n) is 9.54. The summed E-state index contributed by atoms with van der Waals surface area (Å²) in [5, 5.41) is 3.07. The number of piperidine rings is 1. The van der Waals surface area contributed by atoms with Gasteiger partial charge in [-0.2, -0.15) is 0 Å². The molecule has 1 aromatic carbocycles. The third kappa shape index (κ3) is 4.36. The van der Waals surface area contributed by atoms with E-state index in [2.05, 4.69) is 37.2 Å². The van der Waals surface area contributed by atoms with Crippen molar-refractivity contribution in [2.24, 2.45) is 5.92 Å². The van der Waals surface area contributed by atoms with Crippen molar-refractivity contribution in [3.05, 3.63) is 42.9 Å². The van der Waals surface area contributed by atoms with Gasteiger partial charge in [0.25, 0.3) is 0 Å². The number of carbonyl (C=O) groups excluding carboxylic acids is 1. The Balaban J connectivity index is 1.35. The van der Waals surface area contributed by atoms with E-state index in [9.17, 15) is 4.79 Å². The van der Waals surface area contributed by atoms with E-state index in [1.54, 1.807) is 18.6 Å². The van der Waals surface area contributed by atoms with E-state index in [1.165, 1.54) is 5.69 Å². The fourth-order valence-corrected chi connectivity index (χ4v) is 3.68. The topological polar surface area (TPSA) is 70.6 Å². The van der Waals surface area contributed by atoms with Gasteiger partial charge >= 0.3 is 0 Å². The number of morpholine rings is 1. The summed E-state index contributed by atoms with van der Waals surface area (Å²) in [6.45, 7) is 4.94. The van der Waals surface area contributed by atoms with E-state index in [0.717, 1.165) is 57.2 Å². The number of carbonyl (C=O) groups is 1. The summed E-state index contributed by atoms with van der Waals surface area (Å²) >= 11 is 0. The second kappa shape index (κ2) is 8.35. The third-order valence-electron chi connectivity index (χ3n) is 5.18. The van der Waals surface area contributed by atoms with Crippen molar-refractivity contribution in [3.8, 4) is 0 Å². The Morgan fingerprint density at radius 1 is 1.07 bits per heavy atom. The molecule has 2 aromatic rings. The van der Waals surface area contributed by atoms with Crippen LogP contribution in [0.4, 0.5) is 17.2 Å². The Morgan fingerprint density at radius 3 is 2.63 bits per heavy atom. The number of hydrogen-bond acceptors (Lipinski definition) is 6. The third-order valence-corrected chi connectivity index (χ3v) is 5.18. The molecule has 1 unspecified atom stereocenters.